The van der Waals surface area contributed by atoms with Gasteiger partial charge in [0.25, 0.3) is 5.91 Å². The highest BCUT2D eigenvalue weighted by molar-refractivity contribution is 9.11. The summed E-state index contributed by atoms with van der Waals surface area (Å²) in [6.07, 6.45) is 1.58. The molecular weight excluding hydrogens is 500 g/mol. The number of hydrazone groups is 1. The average Bonchev–Trinajstić information content (AvgIpc) is 2.74. The minimum Gasteiger partial charge on any atom is -0.497 e. The fourth-order valence-corrected chi connectivity index (χ4v) is 3.58. The fraction of sp³-hybridized carbons (Fsp3) is 0.0909. The first-order valence-corrected chi connectivity index (χ1v) is 10.3. The number of nitrogens with zero attached hydrogens (tertiary/aromatic N) is 1. The quantitative estimate of drug-likeness (QED) is 0.329. The lowest BCUT2D eigenvalue weighted by Crippen LogP contribution is -2.17. The molecule has 5 nitrogen and oxygen atoms in total. The van der Waals surface area contributed by atoms with E-state index in [9.17, 15) is 4.79 Å². The Morgan fingerprint density at radius 2 is 1.69 bits per heavy atom. The highest BCUT2D eigenvalue weighted by Crippen LogP contribution is 2.23. The molecule has 0 aliphatic carbocycles. The number of rotatable bonds is 7. The van der Waals surface area contributed by atoms with Crippen molar-refractivity contribution in [3.8, 4) is 11.5 Å². The van der Waals surface area contributed by atoms with Crippen LogP contribution in [0, 0.1) is 0 Å². The van der Waals surface area contributed by atoms with E-state index in [1.807, 2.05) is 42.5 Å². The van der Waals surface area contributed by atoms with Crippen molar-refractivity contribution < 1.29 is 14.3 Å². The molecule has 3 aromatic rings. The molecule has 0 heterocycles. The first-order valence-electron chi connectivity index (χ1n) is 8.69. The molecule has 0 radical (unpaired) electrons. The number of carbonyl (C=O) groups excluding carboxylic acids is 1. The highest BCUT2D eigenvalue weighted by Gasteiger charge is 2.04. The lowest BCUT2D eigenvalue weighted by atomic mass is 10.2. The van der Waals surface area contributed by atoms with Gasteiger partial charge in [0.2, 0.25) is 0 Å². The summed E-state index contributed by atoms with van der Waals surface area (Å²) in [5.74, 6) is 1.16. The van der Waals surface area contributed by atoms with Gasteiger partial charge in [0.15, 0.2) is 0 Å². The van der Waals surface area contributed by atoms with Crippen LogP contribution in [0.15, 0.2) is 80.8 Å². The van der Waals surface area contributed by atoms with E-state index < -0.39 is 0 Å². The minimum absolute atomic E-state index is 0.288. The summed E-state index contributed by atoms with van der Waals surface area (Å²) in [7, 11) is 1.58. The summed E-state index contributed by atoms with van der Waals surface area (Å²) in [4.78, 5) is 12.1. The molecule has 0 fully saturated rings. The zero-order valence-corrected chi connectivity index (χ0v) is 18.7. The Kier molecular flexibility index (Phi) is 7.43. The molecule has 3 rings (SSSR count). The van der Waals surface area contributed by atoms with Gasteiger partial charge in [-0.3, -0.25) is 4.79 Å². The second-order valence-electron chi connectivity index (χ2n) is 6.02. The number of nitrogens with one attached hydrogen (secondary N) is 1. The Bertz CT molecular complexity index is 1000. The Balaban J connectivity index is 1.52. The van der Waals surface area contributed by atoms with Crippen molar-refractivity contribution in [3.63, 3.8) is 0 Å². The number of amides is 1. The van der Waals surface area contributed by atoms with Crippen LogP contribution in [0.5, 0.6) is 11.5 Å². The van der Waals surface area contributed by atoms with Crippen LogP contribution >= 0.6 is 31.9 Å². The van der Waals surface area contributed by atoms with E-state index in [2.05, 4.69) is 42.4 Å². The van der Waals surface area contributed by atoms with Crippen LogP contribution in [0.3, 0.4) is 0 Å². The van der Waals surface area contributed by atoms with Crippen molar-refractivity contribution in [2.24, 2.45) is 5.10 Å². The van der Waals surface area contributed by atoms with Crippen molar-refractivity contribution in [1.82, 2.24) is 5.43 Å². The molecule has 0 aliphatic heterocycles. The van der Waals surface area contributed by atoms with Crippen LogP contribution in [0.25, 0.3) is 0 Å². The van der Waals surface area contributed by atoms with Crippen molar-refractivity contribution in [3.05, 3.63) is 92.4 Å². The third-order valence-electron chi connectivity index (χ3n) is 4.02. The molecule has 29 heavy (non-hydrogen) atoms. The zero-order chi connectivity index (χ0) is 20.6. The van der Waals surface area contributed by atoms with Crippen LogP contribution in [-0.2, 0) is 6.61 Å². The smallest absolute Gasteiger partial charge is 0.271 e. The highest BCUT2D eigenvalue weighted by atomic mass is 79.9. The molecule has 148 valence electrons. The van der Waals surface area contributed by atoms with Crippen molar-refractivity contribution >= 4 is 44.0 Å². The lowest BCUT2D eigenvalue weighted by molar-refractivity contribution is 0.0955. The predicted molar refractivity (Wildman–Crippen MR) is 121 cm³/mol. The number of hydrogen-bond acceptors (Lipinski definition) is 4. The molecule has 1 N–H and O–H groups in total. The minimum atomic E-state index is -0.288. The maximum atomic E-state index is 12.1. The SMILES string of the molecule is COc1ccc(C(=O)N/N=C\c2ccc(OCc3ccc(Br)cc3Br)cc2)cc1. The third kappa shape index (κ3) is 6.17. The second kappa shape index (κ2) is 10.2. The first-order chi connectivity index (χ1) is 14.0. The molecule has 0 spiro atoms. The Hall–Kier alpha value is -2.64. The van der Waals surface area contributed by atoms with E-state index in [0.29, 0.717) is 17.9 Å². The molecular formula is C22H18Br2N2O3. The van der Waals surface area contributed by atoms with Gasteiger partial charge in [-0.05, 0) is 66.2 Å². The number of ether oxygens (including phenoxy) is 2. The number of methoxy groups -OCH3 is 1. The van der Waals surface area contributed by atoms with Gasteiger partial charge in [-0.25, -0.2) is 5.43 Å². The summed E-state index contributed by atoms with van der Waals surface area (Å²) in [6.45, 7) is 0.458. The summed E-state index contributed by atoms with van der Waals surface area (Å²) in [5.41, 5.74) is 4.91. The Morgan fingerprint density at radius 1 is 1.00 bits per heavy atom. The standard InChI is InChI=1S/C22H18Br2N2O3/c1-28-19-10-5-16(6-11-19)22(27)26-25-13-15-2-8-20(9-3-15)29-14-17-4-7-18(23)12-21(17)24/h2-13H,14H2,1H3,(H,26,27)/b25-13-. The van der Waals surface area contributed by atoms with Gasteiger partial charge in [0.05, 0.1) is 13.3 Å². The molecule has 0 aliphatic rings. The molecule has 0 bridgehead atoms. The van der Waals surface area contributed by atoms with Gasteiger partial charge >= 0.3 is 0 Å². The third-order valence-corrected chi connectivity index (χ3v) is 5.25. The maximum Gasteiger partial charge on any atom is 0.271 e. The van der Waals surface area contributed by atoms with Gasteiger partial charge in [-0.15, -0.1) is 0 Å². The van der Waals surface area contributed by atoms with Gasteiger partial charge in [0, 0.05) is 20.1 Å². The van der Waals surface area contributed by atoms with E-state index in [4.69, 9.17) is 9.47 Å². The molecule has 0 unspecified atom stereocenters. The summed E-state index contributed by atoms with van der Waals surface area (Å²) in [5, 5.41) is 4.00. The Morgan fingerprint density at radius 3 is 2.34 bits per heavy atom. The van der Waals surface area contributed by atoms with Gasteiger partial charge < -0.3 is 9.47 Å². The molecule has 0 atom stereocenters. The van der Waals surface area contributed by atoms with Crippen LogP contribution in [0.1, 0.15) is 21.5 Å². The lowest BCUT2D eigenvalue weighted by Gasteiger charge is -2.08. The number of benzene rings is 3. The summed E-state index contributed by atoms with van der Waals surface area (Å²) >= 11 is 6.96. The normalized spacial score (nSPS) is 10.7. The van der Waals surface area contributed by atoms with E-state index in [-0.39, 0.29) is 5.91 Å². The van der Waals surface area contributed by atoms with Crippen molar-refractivity contribution in [1.29, 1.82) is 0 Å². The van der Waals surface area contributed by atoms with Crippen molar-refractivity contribution in [2.45, 2.75) is 6.61 Å². The van der Waals surface area contributed by atoms with Crippen molar-refractivity contribution in [2.75, 3.05) is 7.11 Å². The summed E-state index contributed by atoms with van der Waals surface area (Å²) in [6, 6.07) is 20.2. The topological polar surface area (TPSA) is 59.9 Å². The average molecular weight is 518 g/mol. The van der Waals surface area contributed by atoms with Gasteiger partial charge in [0.1, 0.15) is 18.1 Å². The van der Waals surface area contributed by atoms with Gasteiger partial charge in [-0.1, -0.05) is 37.9 Å². The molecule has 1 amide bonds. The summed E-state index contributed by atoms with van der Waals surface area (Å²) < 4.78 is 12.9. The Labute approximate surface area is 186 Å². The molecule has 0 saturated carbocycles. The van der Waals surface area contributed by atoms with Crippen LogP contribution in [0.2, 0.25) is 0 Å². The number of hydrogen-bond donors (Lipinski definition) is 1. The zero-order valence-electron chi connectivity index (χ0n) is 15.6. The molecule has 0 aromatic heterocycles. The number of carbonyl (C=O) groups is 1. The second-order valence-corrected chi connectivity index (χ2v) is 7.79. The van der Waals surface area contributed by atoms with E-state index in [1.165, 1.54) is 0 Å². The van der Waals surface area contributed by atoms with Crippen LogP contribution in [0.4, 0.5) is 0 Å². The van der Waals surface area contributed by atoms with E-state index >= 15 is 0 Å². The molecule has 7 heteroatoms. The molecule has 0 saturated heterocycles. The van der Waals surface area contributed by atoms with E-state index in [0.717, 1.165) is 25.8 Å². The maximum absolute atomic E-state index is 12.1. The molecule has 3 aromatic carbocycles. The van der Waals surface area contributed by atoms with Crippen LogP contribution in [-0.4, -0.2) is 19.2 Å². The van der Waals surface area contributed by atoms with Crippen LogP contribution < -0.4 is 14.9 Å². The monoisotopic (exact) mass is 516 g/mol. The van der Waals surface area contributed by atoms with Gasteiger partial charge in [-0.2, -0.15) is 5.10 Å². The first kappa shape index (κ1) is 21.1. The van der Waals surface area contributed by atoms with E-state index in [1.54, 1.807) is 37.6 Å². The largest absolute Gasteiger partial charge is 0.497 e. The predicted octanol–water partition coefficient (Wildman–Crippen LogP) is 5.56. The number of halogens is 2. The fourth-order valence-electron chi connectivity index (χ4n) is 2.42.